The molecule has 70 heavy (non-hydrogen) atoms. The molecule has 7 aromatic rings. The molecule has 16 bridgehead atoms. The Hall–Kier alpha value is -7.29. The quantitative estimate of drug-likeness (QED) is 0.0720. The summed E-state index contributed by atoms with van der Waals surface area (Å²) in [5, 5.41) is 12.0. The minimum Gasteiger partial charge on any atom is -0.496 e. The molecule has 0 unspecified atom stereocenters. The van der Waals surface area contributed by atoms with Crippen LogP contribution in [-0.2, 0) is 67.4 Å². The fourth-order valence-corrected chi connectivity index (χ4v) is 10.1. The number of hydrogen-bond acceptors (Lipinski definition) is 13. The number of esters is 1. The van der Waals surface area contributed by atoms with Gasteiger partial charge < -0.3 is 37.9 Å². The predicted molar refractivity (Wildman–Crippen MR) is 270 cm³/mol. The summed E-state index contributed by atoms with van der Waals surface area (Å²) < 4.78 is 49.8. The van der Waals surface area contributed by atoms with Crippen LogP contribution in [0.2, 0.25) is 0 Å². The Balaban J connectivity index is 1.02. The van der Waals surface area contributed by atoms with Crippen LogP contribution in [0.25, 0.3) is 0 Å². The predicted octanol–water partition coefficient (Wildman–Crippen LogP) is 12.8. The lowest BCUT2D eigenvalue weighted by atomic mass is 10.1. The first-order chi connectivity index (χ1) is 34.1. The van der Waals surface area contributed by atoms with Crippen molar-refractivity contribution in [2.45, 2.75) is 76.5 Å². The maximum Gasteiger partial charge on any atom is 0.308 e. The highest BCUT2D eigenvalue weighted by molar-refractivity contribution is 7.98. The molecule has 0 radical (unpaired) electrons. The van der Waals surface area contributed by atoms with Gasteiger partial charge in [-0.05, 0) is 102 Å². The van der Waals surface area contributed by atoms with Gasteiger partial charge in [-0.2, -0.15) is 23.5 Å². The highest BCUT2D eigenvalue weighted by Crippen LogP contribution is 2.38. The minimum atomic E-state index is -0.578. The molecule has 0 spiro atoms. The molecule has 13 aliphatic rings. The van der Waals surface area contributed by atoms with Crippen molar-refractivity contribution < 1.29 is 47.6 Å². The fourth-order valence-electron chi connectivity index (χ4n) is 8.13. The van der Waals surface area contributed by atoms with Gasteiger partial charge in [0.25, 0.3) is 5.69 Å². The Kier molecular flexibility index (Phi) is 15.3. The Labute approximate surface area is 415 Å². The lowest BCUT2D eigenvalue weighted by Gasteiger charge is -2.18. The zero-order valence-corrected chi connectivity index (χ0v) is 40.7. The number of methoxy groups -OCH3 is 1. The summed E-state index contributed by atoms with van der Waals surface area (Å²) in [7, 11) is 1.69. The third-order valence-corrected chi connectivity index (χ3v) is 13.7. The Morgan fingerprint density at radius 1 is 0.486 bits per heavy atom. The van der Waals surface area contributed by atoms with Crippen LogP contribution >= 0.6 is 23.5 Å². The van der Waals surface area contributed by atoms with Gasteiger partial charge in [-0.25, -0.2) is 0 Å². The Morgan fingerprint density at radius 3 is 1.21 bits per heavy atom. The number of ether oxygens (including phenoxy) is 8. The zero-order chi connectivity index (χ0) is 48.4. The molecule has 358 valence electrons. The minimum absolute atomic E-state index is 0.0993. The smallest absolute Gasteiger partial charge is 0.308 e. The first-order valence-electron chi connectivity index (χ1n) is 22.7. The van der Waals surface area contributed by atoms with Gasteiger partial charge in [-0.1, -0.05) is 54.1 Å². The number of thioether (sulfide) groups is 2. The van der Waals surface area contributed by atoms with Gasteiger partial charge in [0.1, 0.15) is 85.6 Å². The second kappa shape index (κ2) is 22.4. The fraction of sp³-hybridized carbons (Fsp3) is 0.232. The molecule has 0 aliphatic carbocycles. The third-order valence-electron chi connectivity index (χ3n) is 11.6. The molecule has 13 heterocycles. The van der Waals surface area contributed by atoms with Crippen LogP contribution in [0.5, 0.6) is 46.0 Å². The molecule has 0 fully saturated rings. The molecule has 7 aromatic carbocycles. The maximum absolute atomic E-state index is 12.3. The standard InChI is InChI=1S/C56H51NO11S2/c1-36-20-42-28-62-51-16-8-40(9-17-51)32-69-34-46-25-54-47(35-70-33-41-10-18-52(19-11-41)63-29-43(21-36)55(42)61-3)24-53(46)66-26-38-4-12-49(13-5-38)64-30-44-22-48(57(59)60)23-45(56(44)68-37(2)58)31-65-50-14-6-39(7-15-50)27-67-54/h4-25H,26-35H2,1-3H3. The largest absolute Gasteiger partial charge is 0.496 e. The van der Waals surface area contributed by atoms with E-state index in [1.807, 2.05) is 72.8 Å². The van der Waals surface area contributed by atoms with Crippen LogP contribution < -0.4 is 37.9 Å². The molecule has 0 atom stereocenters. The van der Waals surface area contributed by atoms with Crippen molar-refractivity contribution in [3.8, 4) is 46.0 Å². The molecule has 14 heteroatoms. The van der Waals surface area contributed by atoms with E-state index in [9.17, 15) is 14.9 Å². The highest BCUT2D eigenvalue weighted by atomic mass is 32.2. The average molecular weight is 978 g/mol. The summed E-state index contributed by atoms with van der Waals surface area (Å²) in [5.41, 5.74) is 9.63. The number of nitrogens with zero attached hydrogens (tertiary/aromatic N) is 1. The number of rotatable bonds is 3. The molecule has 0 saturated heterocycles. The van der Waals surface area contributed by atoms with E-state index < -0.39 is 10.9 Å². The van der Waals surface area contributed by atoms with E-state index >= 15 is 0 Å². The highest BCUT2D eigenvalue weighted by Gasteiger charge is 2.22. The molecule has 20 rings (SSSR count). The summed E-state index contributed by atoms with van der Waals surface area (Å²) >= 11 is 3.57. The van der Waals surface area contributed by atoms with Gasteiger partial charge in [0, 0.05) is 75.4 Å². The normalized spacial score (nSPS) is 14.1. The monoisotopic (exact) mass is 977 g/mol. The molecular formula is C56H51NO11S2. The van der Waals surface area contributed by atoms with Crippen molar-refractivity contribution in [3.63, 3.8) is 0 Å². The molecule has 13 aliphatic heterocycles. The Bertz CT molecular complexity index is 2780. The van der Waals surface area contributed by atoms with Gasteiger partial charge in [0.2, 0.25) is 0 Å². The van der Waals surface area contributed by atoms with Crippen LogP contribution in [0.1, 0.15) is 68.1 Å². The summed E-state index contributed by atoms with van der Waals surface area (Å²) in [6.45, 7) is 4.42. The van der Waals surface area contributed by atoms with Crippen molar-refractivity contribution in [3.05, 3.63) is 205 Å². The molecule has 0 amide bonds. The molecule has 0 saturated carbocycles. The number of benzene rings is 7. The van der Waals surface area contributed by atoms with Gasteiger partial charge in [0.15, 0.2) is 0 Å². The molecule has 0 aromatic heterocycles. The van der Waals surface area contributed by atoms with E-state index in [-0.39, 0.29) is 37.9 Å². The van der Waals surface area contributed by atoms with E-state index in [4.69, 9.17) is 37.9 Å². The number of aryl methyl sites for hydroxylation is 1. The van der Waals surface area contributed by atoms with Crippen molar-refractivity contribution >= 4 is 35.2 Å². The first kappa shape index (κ1) is 47.8. The average Bonchev–Trinajstić information content (AvgIpc) is 3.36. The van der Waals surface area contributed by atoms with Crippen LogP contribution in [0.15, 0.2) is 133 Å². The lowest BCUT2D eigenvalue weighted by Crippen LogP contribution is -2.11. The van der Waals surface area contributed by atoms with E-state index in [0.717, 1.165) is 90.3 Å². The Morgan fingerprint density at radius 2 is 0.857 bits per heavy atom. The molecular weight excluding hydrogens is 927 g/mol. The maximum atomic E-state index is 12.3. The van der Waals surface area contributed by atoms with Crippen LogP contribution in [0, 0.1) is 17.0 Å². The number of non-ortho nitro benzene ring substituents is 1. The number of nitro benzene ring substituents is 1. The van der Waals surface area contributed by atoms with Crippen molar-refractivity contribution in [1.29, 1.82) is 0 Å². The van der Waals surface area contributed by atoms with Gasteiger partial charge in [-0.3, -0.25) is 14.9 Å². The molecule has 12 nitrogen and oxygen atoms in total. The SMILES string of the molecule is COc1c2cc(C)cc1COc1ccc(cc1)CSCc1cc3c(cc1OCc1ccc(cc1)OCc1cc([N+](=O)[O-])cc(c1OC(C)=O)COc1ccc(cc1)CO3)CSCc1ccc(cc1)OC2. The first-order valence-corrected chi connectivity index (χ1v) is 25.0. The zero-order valence-electron chi connectivity index (χ0n) is 39.0. The summed E-state index contributed by atoms with van der Waals surface area (Å²) in [5.74, 6) is 7.28. The number of hydrogen-bond donors (Lipinski definition) is 0. The van der Waals surface area contributed by atoms with E-state index in [1.54, 1.807) is 30.6 Å². The van der Waals surface area contributed by atoms with E-state index in [0.29, 0.717) is 47.3 Å². The molecule has 0 N–H and O–H groups in total. The van der Waals surface area contributed by atoms with Crippen molar-refractivity contribution in [2.24, 2.45) is 0 Å². The number of carbonyl (C=O) groups is 1. The van der Waals surface area contributed by atoms with Crippen molar-refractivity contribution in [1.82, 2.24) is 0 Å². The topological polar surface area (TPSA) is 134 Å². The van der Waals surface area contributed by atoms with E-state index in [1.165, 1.54) is 19.1 Å². The van der Waals surface area contributed by atoms with Gasteiger partial charge in [-0.15, -0.1) is 0 Å². The van der Waals surface area contributed by atoms with Crippen molar-refractivity contribution in [2.75, 3.05) is 7.11 Å². The number of carbonyl (C=O) groups excluding carboxylic acids is 1. The van der Waals surface area contributed by atoms with Crippen LogP contribution in [0.3, 0.4) is 0 Å². The van der Waals surface area contributed by atoms with Crippen LogP contribution in [0.4, 0.5) is 5.69 Å². The summed E-state index contributed by atoms with van der Waals surface area (Å²) in [6.07, 6.45) is 0. The second-order valence-electron chi connectivity index (χ2n) is 16.9. The number of nitro groups is 1. The van der Waals surface area contributed by atoms with E-state index in [2.05, 4.69) is 55.5 Å². The second-order valence-corrected chi connectivity index (χ2v) is 18.9. The van der Waals surface area contributed by atoms with Gasteiger partial charge >= 0.3 is 5.97 Å². The summed E-state index contributed by atoms with van der Waals surface area (Å²) in [6, 6.07) is 42.5. The van der Waals surface area contributed by atoms with Gasteiger partial charge in [0.05, 0.1) is 12.0 Å². The third kappa shape index (κ3) is 12.3. The van der Waals surface area contributed by atoms with Crippen LogP contribution in [-0.4, -0.2) is 18.0 Å². The summed E-state index contributed by atoms with van der Waals surface area (Å²) in [4.78, 5) is 23.8. The lowest BCUT2D eigenvalue weighted by molar-refractivity contribution is -0.385.